The molecule has 0 radical (unpaired) electrons. The molecule has 1 amide bonds. The molecule has 1 saturated heterocycles. The highest BCUT2D eigenvalue weighted by atomic mass is 79.9. The molecule has 1 aliphatic rings. The average molecular weight is 401 g/mol. The Kier molecular flexibility index (Phi) is 5.21. The van der Waals surface area contributed by atoms with Gasteiger partial charge in [0.2, 0.25) is 0 Å². The van der Waals surface area contributed by atoms with Gasteiger partial charge in [0.15, 0.2) is 5.17 Å². The van der Waals surface area contributed by atoms with Crippen LogP contribution < -0.4 is 5.32 Å². The van der Waals surface area contributed by atoms with Gasteiger partial charge in [-0.2, -0.15) is 0 Å². The molecule has 0 aliphatic carbocycles. The van der Waals surface area contributed by atoms with E-state index < -0.39 is 0 Å². The number of carbonyl (C=O) groups is 1. The summed E-state index contributed by atoms with van der Waals surface area (Å²) in [6, 6.07) is 15.9. The number of benzene rings is 2. The summed E-state index contributed by atoms with van der Waals surface area (Å²) in [4.78, 5) is 17.2. The summed E-state index contributed by atoms with van der Waals surface area (Å²) in [6.45, 7) is 4.33. The highest BCUT2D eigenvalue weighted by Gasteiger charge is 2.23. The second-order valence-electron chi connectivity index (χ2n) is 5.78. The van der Waals surface area contributed by atoms with Gasteiger partial charge in [-0.05, 0) is 59.1 Å². The van der Waals surface area contributed by atoms with Crippen LogP contribution in [0.5, 0.6) is 0 Å². The van der Waals surface area contributed by atoms with E-state index in [1.165, 1.54) is 17.3 Å². The summed E-state index contributed by atoms with van der Waals surface area (Å²) in [5.41, 5.74) is 3.11. The van der Waals surface area contributed by atoms with Gasteiger partial charge >= 0.3 is 0 Å². The minimum atomic E-state index is -0.108. The Bertz CT molecular complexity index is 808. The molecular formula is C19H17BrN2OS. The van der Waals surface area contributed by atoms with Crippen molar-refractivity contribution in [3.8, 4) is 0 Å². The minimum Gasteiger partial charge on any atom is -0.300 e. The van der Waals surface area contributed by atoms with E-state index in [4.69, 9.17) is 0 Å². The van der Waals surface area contributed by atoms with E-state index in [-0.39, 0.29) is 5.91 Å². The van der Waals surface area contributed by atoms with E-state index >= 15 is 0 Å². The zero-order valence-corrected chi connectivity index (χ0v) is 15.8. The van der Waals surface area contributed by atoms with Gasteiger partial charge in [-0.1, -0.05) is 54.0 Å². The number of hydrogen-bond acceptors (Lipinski definition) is 3. The molecule has 0 spiro atoms. The number of nitrogens with one attached hydrogen (secondary N) is 1. The molecule has 24 heavy (non-hydrogen) atoms. The zero-order chi connectivity index (χ0) is 17.1. The summed E-state index contributed by atoms with van der Waals surface area (Å²) in [6.07, 6.45) is 1.90. The first-order valence-corrected chi connectivity index (χ1v) is 9.27. The number of amidine groups is 1. The summed E-state index contributed by atoms with van der Waals surface area (Å²) >= 11 is 4.76. The van der Waals surface area contributed by atoms with E-state index in [0.29, 0.717) is 16.0 Å². The van der Waals surface area contributed by atoms with Crippen LogP contribution in [0.2, 0.25) is 0 Å². The van der Waals surface area contributed by atoms with Crippen LogP contribution >= 0.6 is 27.7 Å². The number of thioether (sulfide) groups is 1. The van der Waals surface area contributed by atoms with Crippen LogP contribution in [-0.4, -0.2) is 11.1 Å². The molecule has 0 saturated carbocycles. The van der Waals surface area contributed by atoms with Crippen molar-refractivity contribution in [1.29, 1.82) is 0 Å². The molecule has 5 heteroatoms. The van der Waals surface area contributed by atoms with Crippen molar-refractivity contribution < 1.29 is 4.79 Å². The first kappa shape index (κ1) is 17.0. The lowest BCUT2D eigenvalue weighted by molar-refractivity contribution is -0.115. The molecule has 2 aromatic carbocycles. The number of rotatable bonds is 3. The maximum absolute atomic E-state index is 12.1. The summed E-state index contributed by atoms with van der Waals surface area (Å²) < 4.78 is 1.000. The third kappa shape index (κ3) is 4.16. The summed E-state index contributed by atoms with van der Waals surface area (Å²) in [7, 11) is 0. The number of hydrogen-bond donors (Lipinski definition) is 1. The zero-order valence-electron chi connectivity index (χ0n) is 13.4. The van der Waals surface area contributed by atoms with Gasteiger partial charge in [0.05, 0.1) is 10.6 Å². The summed E-state index contributed by atoms with van der Waals surface area (Å²) in [5.74, 6) is 0.393. The Morgan fingerprint density at radius 3 is 2.38 bits per heavy atom. The Morgan fingerprint density at radius 2 is 1.75 bits per heavy atom. The Labute approximate surface area is 154 Å². The molecule has 3 nitrogen and oxygen atoms in total. The van der Waals surface area contributed by atoms with E-state index in [2.05, 4.69) is 52.2 Å². The Hall–Kier alpha value is -1.85. The molecule has 0 bridgehead atoms. The highest BCUT2D eigenvalue weighted by Crippen LogP contribution is 2.28. The van der Waals surface area contributed by atoms with Crippen LogP contribution in [0, 0.1) is 0 Å². The van der Waals surface area contributed by atoms with Crippen LogP contribution in [-0.2, 0) is 4.79 Å². The molecule has 1 heterocycles. The lowest BCUT2D eigenvalue weighted by atomic mass is 10.0. The van der Waals surface area contributed by atoms with Crippen LogP contribution in [0.3, 0.4) is 0 Å². The fourth-order valence-corrected chi connectivity index (χ4v) is 3.35. The molecule has 2 aromatic rings. The number of aliphatic imine (C=N–C) groups is 1. The third-order valence-electron chi connectivity index (χ3n) is 3.61. The molecule has 0 atom stereocenters. The van der Waals surface area contributed by atoms with Crippen LogP contribution in [0.4, 0.5) is 5.69 Å². The van der Waals surface area contributed by atoms with Gasteiger partial charge in [0.1, 0.15) is 0 Å². The monoisotopic (exact) mass is 400 g/mol. The number of carbonyl (C=O) groups excluding carboxylic acids is 1. The second-order valence-corrected chi connectivity index (χ2v) is 7.73. The Morgan fingerprint density at radius 1 is 1.08 bits per heavy atom. The predicted molar refractivity (Wildman–Crippen MR) is 105 cm³/mol. The average Bonchev–Trinajstić information content (AvgIpc) is 2.89. The van der Waals surface area contributed by atoms with Gasteiger partial charge in [-0.3, -0.25) is 4.79 Å². The van der Waals surface area contributed by atoms with Gasteiger partial charge < -0.3 is 5.32 Å². The standard InChI is InChI=1S/C19H17BrN2OS/c1-12(2)14-5-3-13(4-6-14)11-17-18(23)22-19(24-17)21-16-9-7-15(20)8-10-16/h3-12H,1-2H3,(H,21,22,23)/b17-11+. The van der Waals surface area contributed by atoms with E-state index in [1.54, 1.807) is 0 Å². The van der Waals surface area contributed by atoms with Gasteiger partial charge in [0.25, 0.3) is 5.91 Å². The predicted octanol–water partition coefficient (Wildman–Crippen LogP) is 5.46. The van der Waals surface area contributed by atoms with E-state index in [0.717, 1.165) is 15.7 Å². The fourth-order valence-electron chi connectivity index (χ4n) is 2.24. The Balaban J connectivity index is 1.77. The van der Waals surface area contributed by atoms with Crippen molar-refractivity contribution in [3.63, 3.8) is 0 Å². The molecule has 0 unspecified atom stereocenters. The van der Waals surface area contributed by atoms with Gasteiger partial charge in [-0.25, -0.2) is 4.99 Å². The molecule has 1 N–H and O–H groups in total. The molecular weight excluding hydrogens is 384 g/mol. The van der Waals surface area contributed by atoms with Crippen LogP contribution in [0.25, 0.3) is 6.08 Å². The van der Waals surface area contributed by atoms with Gasteiger partial charge in [0, 0.05) is 4.47 Å². The van der Waals surface area contributed by atoms with Crippen molar-refractivity contribution >= 4 is 50.5 Å². The van der Waals surface area contributed by atoms with Crippen molar-refractivity contribution in [2.24, 2.45) is 4.99 Å². The minimum absolute atomic E-state index is 0.108. The molecule has 122 valence electrons. The third-order valence-corrected chi connectivity index (χ3v) is 5.05. The SMILES string of the molecule is CC(C)c1ccc(/C=C2/SC(=Nc3ccc(Br)cc3)NC2=O)cc1. The van der Waals surface area contributed by atoms with Crippen molar-refractivity contribution in [2.45, 2.75) is 19.8 Å². The maximum atomic E-state index is 12.1. The van der Waals surface area contributed by atoms with Crippen LogP contribution in [0.1, 0.15) is 30.9 Å². The number of amides is 1. The largest absolute Gasteiger partial charge is 0.300 e. The van der Waals surface area contributed by atoms with Gasteiger partial charge in [-0.15, -0.1) is 0 Å². The smallest absolute Gasteiger partial charge is 0.264 e. The lowest BCUT2D eigenvalue weighted by Gasteiger charge is -2.04. The first-order chi connectivity index (χ1) is 11.5. The molecule has 1 aliphatic heterocycles. The molecule has 3 rings (SSSR count). The molecule has 0 aromatic heterocycles. The van der Waals surface area contributed by atoms with Crippen LogP contribution in [0.15, 0.2) is 62.9 Å². The normalized spacial score (nSPS) is 17.8. The van der Waals surface area contributed by atoms with Crippen molar-refractivity contribution in [2.75, 3.05) is 0 Å². The van der Waals surface area contributed by atoms with Crippen molar-refractivity contribution in [3.05, 3.63) is 69.0 Å². The lowest BCUT2D eigenvalue weighted by Crippen LogP contribution is -2.19. The summed E-state index contributed by atoms with van der Waals surface area (Å²) in [5, 5.41) is 3.41. The van der Waals surface area contributed by atoms with E-state index in [1.807, 2.05) is 42.5 Å². The van der Waals surface area contributed by atoms with E-state index in [9.17, 15) is 4.79 Å². The number of halogens is 1. The van der Waals surface area contributed by atoms with Crippen molar-refractivity contribution in [1.82, 2.24) is 5.32 Å². The molecule has 1 fully saturated rings. The fraction of sp³-hybridized carbons (Fsp3) is 0.158. The first-order valence-electron chi connectivity index (χ1n) is 7.66. The topological polar surface area (TPSA) is 41.5 Å². The number of nitrogens with zero attached hydrogens (tertiary/aromatic N) is 1. The maximum Gasteiger partial charge on any atom is 0.264 e. The quantitative estimate of drug-likeness (QED) is 0.694. The highest BCUT2D eigenvalue weighted by molar-refractivity contribution is 9.10. The second kappa shape index (κ2) is 7.36.